The molecule has 2 heterocycles. The molecular formula is C26H23ClF2N2O5S. The van der Waals surface area contributed by atoms with Gasteiger partial charge in [0.25, 0.3) is 5.56 Å². The highest BCUT2D eigenvalue weighted by Crippen LogP contribution is 2.40. The molecule has 0 unspecified atom stereocenters. The van der Waals surface area contributed by atoms with Crippen LogP contribution in [0.2, 0.25) is 0 Å². The van der Waals surface area contributed by atoms with Crippen molar-refractivity contribution in [2.24, 2.45) is 7.05 Å². The molecule has 0 aliphatic carbocycles. The summed E-state index contributed by atoms with van der Waals surface area (Å²) < 4.78 is 60.5. The number of aliphatic hydroxyl groups is 1. The first-order valence-corrected chi connectivity index (χ1v) is 13.3. The van der Waals surface area contributed by atoms with Crippen LogP contribution >= 0.6 is 11.6 Å². The van der Waals surface area contributed by atoms with E-state index in [2.05, 4.69) is 4.98 Å². The van der Waals surface area contributed by atoms with Crippen LogP contribution in [0.4, 0.5) is 8.78 Å². The highest BCUT2D eigenvalue weighted by Gasteiger charge is 2.21. The van der Waals surface area contributed by atoms with Crippen LogP contribution in [0.15, 0.2) is 63.4 Å². The molecule has 2 aromatic heterocycles. The van der Waals surface area contributed by atoms with Crippen molar-refractivity contribution >= 4 is 38.4 Å². The summed E-state index contributed by atoms with van der Waals surface area (Å²) in [6.07, 6.45) is 3.34. The molecule has 2 aromatic carbocycles. The fourth-order valence-corrected chi connectivity index (χ4v) is 5.05. The largest absolute Gasteiger partial charge is 0.454 e. The summed E-state index contributed by atoms with van der Waals surface area (Å²) in [5.41, 5.74) is 0.976. The molecule has 194 valence electrons. The Morgan fingerprint density at radius 2 is 1.86 bits per heavy atom. The van der Waals surface area contributed by atoms with Gasteiger partial charge in [-0.3, -0.25) is 4.79 Å². The number of hydrogen-bond donors (Lipinski definition) is 2. The first kappa shape index (κ1) is 26.6. The molecule has 11 heteroatoms. The SMILES string of the molecule is CCS(=O)(=O)c1ccc(Oc2ccc(F)cc2F)c(-c2cn(C)c3c(=O)[nH]c(/C=C(/Cl)CCO)cc23)c1. The molecule has 0 saturated carbocycles. The number of sulfone groups is 1. The second-order valence-corrected chi connectivity index (χ2v) is 11.0. The normalized spacial score (nSPS) is 12.3. The Kier molecular flexibility index (Phi) is 7.54. The highest BCUT2D eigenvalue weighted by molar-refractivity contribution is 7.91. The van der Waals surface area contributed by atoms with Gasteiger partial charge in [0.05, 0.1) is 10.6 Å². The Bertz CT molecular complexity index is 1690. The Morgan fingerprint density at radius 3 is 2.54 bits per heavy atom. The molecular weight excluding hydrogens is 526 g/mol. The van der Waals surface area contributed by atoms with E-state index in [0.717, 1.165) is 12.1 Å². The number of benzene rings is 2. The predicted octanol–water partition coefficient (Wildman–Crippen LogP) is 5.36. The molecule has 4 aromatic rings. The van der Waals surface area contributed by atoms with Gasteiger partial charge < -0.3 is 19.4 Å². The van der Waals surface area contributed by atoms with Crippen LogP contribution in [0.5, 0.6) is 11.5 Å². The number of pyridine rings is 1. The number of aromatic nitrogens is 2. The van der Waals surface area contributed by atoms with Crippen molar-refractivity contribution in [3.8, 4) is 22.6 Å². The third-order valence-corrected chi connectivity index (χ3v) is 7.78. The summed E-state index contributed by atoms with van der Waals surface area (Å²) in [7, 11) is -1.97. The number of halogens is 3. The van der Waals surface area contributed by atoms with Gasteiger partial charge in [-0.2, -0.15) is 0 Å². The van der Waals surface area contributed by atoms with E-state index in [1.54, 1.807) is 23.9 Å². The topological polar surface area (TPSA) is 101 Å². The maximum atomic E-state index is 14.4. The van der Waals surface area contributed by atoms with E-state index in [1.165, 1.54) is 31.2 Å². The summed E-state index contributed by atoms with van der Waals surface area (Å²) in [5.74, 6) is -2.01. The van der Waals surface area contributed by atoms with Crippen molar-refractivity contribution in [2.45, 2.75) is 18.2 Å². The minimum atomic E-state index is -3.62. The van der Waals surface area contributed by atoms with Crippen molar-refractivity contribution in [1.82, 2.24) is 9.55 Å². The smallest absolute Gasteiger partial charge is 0.272 e. The third kappa shape index (κ3) is 5.46. The molecule has 0 saturated heterocycles. The molecule has 0 fully saturated rings. The first-order valence-electron chi connectivity index (χ1n) is 11.2. The van der Waals surface area contributed by atoms with Crippen LogP contribution in [0, 0.1) is 11.6 Å². The van der Waals surface area contributed by atoms with Gasteiger partial charge >= 0.3 is 0 Å². The average molecular weight is 549 g/mol. The molecule has 0 amide bonds. The number of rotatable bonds is 8. The van der Waals surface area contributed by atoms with Gasteiger partial charge in [0.15, 0.2) is 21.4 Å². The fourth-order valence-electron chi connectivity index (χ4n) is 3.94. The average Bonchev–Trinajstić information content (AvgIpc) is 3.17. The summed E-state index contributed by atoms with van der Waals surface area (Å²) in [4.78, 5) is 15.7. The van der Waals surface area contributed by atoms with Crippen molar-refractivity contribution in [2.75, 3.05) is 12.4 Å². The maximum absolute atomic E-state index is 14.4. The molecule has 0 aliphatic rings. The Labute approximate surface area is 216 Å². The number of fused-ring (bicyclic) bond motifs is 1. The van der Waals surface area contributed by atoms with Crippen LogP contribution in [-0.2, 0) is 16.9 Å². The Morgan fingerprint density at radius 1 is 1.14 bits per heavy atom. The highest BCUT2D eigenvalue weighted by atomic mass is 35.5. The molecule has 37 heavy (non-hydrogen) atoms. The van der Waals surface area contributed by atoms with Crippen LogP contribution in [0.25, 0.3) is 28.1 Å². The number of ether oxygens (including phenoxy) is 1. The maximum Gasteiger partial charge on any atom is 0.272 e. The Hall–Kier alpha value is -3.47. The van der Waals surface area contributed by atoms with Crippen LogP contribution < -0.4 is 10.3 Å². The summed E-state index contributed by atoms with van der Waals surface area (Å²) in [6.45, 7) is 1.34. The summed E-state index contributed by atoms with van der Waals surface area (Å²) in [6, 6.07) is 8.66. The van der Waals surface area contributed by atoms with E-state index < -0.39 is 27.0 Å². The fraction of sp³-hybridized carbons (Fsp3) is 0.192. The van der Waals surface area contributed by atoms with E-state index in [4.69, 9.17) is 21.4 Å². The van der Waals surface area contributed by atoms with Crippen molar-refractivity contribution in [3.05, 3.63) is 81.4 Å². The van der Waals surface area contributed by atoms with Gasteiger partial charge in [0.1, 0.15) is 17.1 Å². The van der Waals surface area contributed by atoms with E-state index >= 15 is 0 Å². The van der Waals surface area contributed by atoms with E-state index in [-0.39, 0.29) is 40.7 Å². The second kappa shape index (κ2) is 10.5. The zero-order valence-electron chi connectivity index (χ0n) is 19.9. The van der Waals surface area contributed by atoms with Gasteiger partial charge in [-0.05, 0) is 42.5 Å². The molecule has 2 N–H and O–H groups in total. The van der Waals surface area contributed by atoms with Crippen molar-refractivity contribution in [3.63, 3.8) is 0 Å². The molecule has 0 radical (unpaired) electrons. The lowest BCUT2D eigenvalue weighted by atomic mass is 10.0. The number of nitrogens with one attached hydrogen (secondary N) is 1. The second-order valence-electron chi connectivity index (χ2n) is 8.27. The standard InChI is InChI=1S/C26H23ClF2N2O5S/c1-3-37(34,35)18-5-7-23(36-24-6-4-16(28)11-22(24)29)19(13-18)21-14-31(2)25-20(21)12-17(30-26(25)33)10-15(27)8-9-32/h4-7,10-14,32H,3,8-9H2,1-2H3,(H,30,33)/b15-10+. The van der Waals surface area contributed by atoms with Crippen LogP contribution in [0.3, 0.4) is 0 Å². The lowest BCUT2D eigenvalue weighted by Crippen LogP contribution is -2.10. The quantitative estimate of drug-likeness (QED) is 0.309. The zero-order chi connectivity index (χ0) is 26.9. The molecule has 0 bridgehead atoms. The molecule has 0 spiro atoms. The number of hydrogen-bond acceptors (Lipinski definition) is 5. The third-order valence-electron chi connectivity index (χ3n) is 5.75. The van der Waals surface area contributed by atoms with Gasteiger partial charge in [-0.15, -0.1) is 0 Å². The lowest BCUT2D eigenvalue weighted by Gasteiger charge is -2.14. The van der Waals surface area contributed by atoms with E-state index in [9.17, 15) is 22.0 Å². The monoisotopic (exact) mass is 548 g/mol. The van der Waals surface area contributed by atoms with Gasteiger partial charge in [-0.25, -0.2) is 17.2 Å². The summed E-state index contributed by atoms with van der Waals surface area (Å²) in [5, 5.41) is 9.91. The van der Waals surface area contributed by atoms with Gasteiger partial charge in [0, 0.05) is 59.6 Å². The van der Waals surface area contributed by atoms with Gasteiger partial charge in [-0.1, -0.05) is 18.5 Å². The number of H-pyrrole nitrogens is 1. The number of aromatic amines is 1. The van der Waals surface area contributed by atoms with Crippen LogP contribution in [-0.4, -0.2) is 35.4 Å². The van der Waals surface area contributed by atoms with E-state index in [0.29, 0.717) is 33.3 Å². The minimum Gasteiger partial charge on any atom is -0.454 e. The van der Waals surface area contributed by atoms with E-state index in [1.807, 2.05) is 0 Å². The summed E-state index contributed by atoms with van der Waals surface area (Å²) >= 11 is 6.13. The lowest BCUT2D eigenvalue weighted by molar-refractivity contribution is 0.301. The molecule has 4 rings (SSSR count). The number of aryl methyl sites for hydroxylation is 1. The minimum absolute atomic E-state index is 0.0184. The van der Waals surface area contributed by atoms with Crippen LogP contribution in [0.1, 0.15) is 19.0 Å². The number of nitrogens with zero attached hydrogens (tertiary/aromatic N) is 1. The zero-order valence-corrected chi connectivity index (χ0v) is 21.5. The van der Waals surface area contributed by atoms with Gasteiger partial charge in [0.2, 0.25) is 0 Å². The molecule has 0 aliphatic heterocycles. The Balaban J connectivity index is 1.98. The number of aliphatic hydroxyl groups excluding tert-OH is 1. The predicted molar refractivity (Wildman–Crippen MR) is 139 cm³/mol. The molecule has 0 atom stereocenters. The van der Waals surface area contributed by atoms with Crippen molar-refractivity contribution < 1.29 is 27.0 Å². The molecule has 7 nitrogen and oxygen atoms in total. The van der Waals surface area contributed by atoms with Crippen molar-refractivity contribution in [1.29, 1.82) is 0 Å². The first-order chi connectivity index (χ1) is 17.5.